The number of sulfonamides is 1. The Balaban J connectivity index is 1.15. The van der Waals surface area contributed by atoms with Gasteiger partial charge in [0.25, 0.3) is 0 Å². The van der Waals surface area contributed by atoms with E-state index in [9.17, 15) is 21.9 Å². The molecule has 3 aromatic rings. The highest BCUT2D eigenvalue weighted by Crippen LogP contribution is 2.42. The zero-order valence-electron chi connectivity index (χ0n) is 28.0. The highest BCUT2D eigenvalue weighted by atomic mass is 32.2. The summed E-state index contributed by atoms with van der Waals surface area (Å²) in [5, 5.41) is 10.1. The predicted molar refractivity (Wildman–Crippen MR) is 185 cm³/mol. The summed E-state index contributed by atoms with van der Waals surface area (Å²) in [6.07, 6.45) is 2.53. The van der Waals surface area contributed by atoms with Gasteiger partial charge in [-0.1, -0.05) is 36.4 Å². The summed E-state index contributed by atoms with van der Waals surface area (Å²) in [6.45, 7) is 7.21. The molecule has 10 nitrogen and oxygen atoms in total. The lowest BCUT2D eigenvalue weighted by atomic mass is 9.84. The van der Waals surface area contributed by atoms with E-state index >= 15 is 0 Å². The monoisotopic (exact) mass is 700 g/mol. The van der Waals surface area contributed by atoms with Crippen LogP contribution >= 0.6 is 0 Å². The summed E-state index contributed by atoms with van der Waals surface area (Å²) in [5.74, 6) is 0.990. The topological polar surface area (TPSA) is 145 Å². The van der Waals surface area contributed by atoms with Crippen molar-refractivity contribution in [1.82, 2.24) is 4.31 Å². The molecule has 0 amide bonds. The summed E-state index contributed by atoms with van der Waals surface area (Å²) < 4.78 is 72.3. The second kappa shape index (κ2) is 15.3. The number of rotatable bonds is 14. The Morgan fingerprint density at radius 2 is 1.69 bits per heavy atom. The van der Waals surface area contributed by atoms with Crippen LogP contribution in [-0.2, 0) is 31.1 Å². The molecule has 0 unspecified atom stereocenters. The van der Waals surface area contributed by atoms with Crippen LogP contribution in [0.15, 0.2) is 76.5 Å². The summed E-state index contributed by atoms with van der Waals surface area (Å²) >= 11 is 0. The Hall–Kier alpha value is -3.00. The molecule has 1 spiro atoms. The second-order valence-corrected chi connectivity index (χ2v) is 17.5. The van der Waals surface area contributed by atoms with Crippen molar-refractivity contribution in [3.63, 3.8) is 0 Å². The maximum Gasteiger partial charge on any atom is 0.246 e. The fraction of sp³-hybridized carbons (Fsp3) is 0.500. The minimum absolute atomic E-state index is 0.0562. The Labute approximate surface area is 285 Å². The highest BCUT2D eigenvalue weighted by Gasteiger charge is 2.45. The third-order valence-electron chi connectivity index (χ3n) is 9.41. The number of hydrogen-bond donors (Lipinski definition) is 2. The molecule has 262 valence electrons. The molecule has 48 heavy (non-hydrogen) atoms. The minimum Gasteiger partial charge on any atom is -0.492 e. The number of piperidine rings is 1. The van der Waals surface area contributed by atoms with E-state index in [1.165, 1.54) is 10.4 Å². The summed E-state index contributed by atoms with van der Waals surface area (Å²) in [5.41, 5.74) is 8.05. The molecule has 2 saturated heterocycles. The standard InChI is InChI=1S/C36H48N2O8S2/c1-4-44-34-15-13-30(29-11-8-27(23-37)9-12-29)20-35(34)48(42,43)38-18-16-36(17-19-38)22-28(24-46-36)10-14-31(39)25-45-32-6-5-7-33(21-32)47(40,41)26(2)3/h5-9,11-13,15,20-21,26,28,31,39H,4,10,14,16-19,22-25,37H2,1-3H3/t28-,31-/m0/s1. The molecule has 0 aromatic heterocycles. The van der Waals surface area contributed by atoms with Crippen molar-refractivity contribution < 1.29 is 36.2 Å². The van der Waals surface area contributed by atoms with Gasteiger partial charge in [0.1, 0.15) is 23.0 Å². The predicted octanol–water partition coefficient (Wildman–Crippen LogP) is 5.17. The number of hydrogen-bond acceptors (Lipinski definition) is 9. The van der Waals surface area contributed by atoms with E-state index in [0.717, 1.165) is 29.5 Å². The average molecular weight is 701 g/mol. The largest absolute Gasteiger partial charge is 0.492 e. The smallest absolute Gasteiger partial charge is 0.246 e. The number of aliphatic hydroxyl groups is 1. The van der Waals surface area contributed by atoms with Gasteiger partial charge < -0.3 is 25.1 Å². The van der Waals surface area contributed by atoms with Crippen LogP contribution in [0, 0.1) is 5.92 Å². The van der Waals surface area contributed by atoms with Gasteiger partial charge in [-0.05, 0) is 106 Å². The average Bonchev–Trinajstić information content (AvgIpc) is 3.48. The molecule has 3 aromatic carbocycles. The second-order valence-electron chi connectivity index (χ2n) is 13.1. The summed E-state index contributed by atoms with van der Waals surface area (Å²) in [7, 11) is -7.25. The van der Waals surface area contributed by atoms with Gasteiger partial charge in [-0.2, -0.15) is 4.31 Å². The van der Waals surface area contributed by atoms with E-state index in [2.05, 4.69) is 0 Å². The SMILES string of the molecule is CCOc1ccc(-c2ccc(CN)cc2)cc1S(=O)(=O)N1CCC2(CC1)C[C@H](CC[C@H](O)COc1cccc(S(=O)(=O)C(C)C)c1)CO2. The van der Waals surface area contributed by atoms with Crippen LogP contribution in [0.3, 0.4) is 0 Å². The van der Waals surface area contributed by atoms with Crippen molar-refractivity contribution in [3.8, 4) is 22.6 Å². The van der Waals surface area contributed by atoms with Crippen molar-refractivity contribution in [3.05, 3.63) is 72.3 Å². The van der Waals surface area contributed by atoms with Crippen LogP contribution < -0.4 is 15.2 Å². The zero-order chi connectivity index (χ0) is 34.5. The fourth-order valence-electron chi connectivity index (χ4n) is 6.46. The number of nitrogens with two attached hydrogens (primary N) is 1. The summed E-state index contributed by atoms with van der Waals surface area (Å²) in [4.78, 5) is 0.365. The molecule has 2 heterocycles. The van der Waals surface area contributed by atoms with Gasteiger partial charge in [0.2, 0.25) is 10.0 Å². The van der Waals surface area contributed by atoms with Crippen LogP contribution in [-0.4, -0.2) is 76.1 Å². The maximum atomic E-state index is 14.0. The number of ether oxygens (including phenoxy) is 3. The first-order valence-electron chi connectivity index (χ1n) is 16.7. The molecular formula is C36H48N2O8S2. The Morgan fingerprint density at radius 1 is 0.979 bits per heavy atom. The van der Waals surface area contributed by atoms with Crippen molar-refractivity contribution in [2.45, 2.75) is 86.2 Å². The molecule has 5 rings (SSSR count). The number of nitrogens with zero attached hydrogens (tertiary/aromatic N) is 1. The third-order valence-corrected chi connectivity index (χ3v) is 13.5. The zero-order valence-corrected chi connectivity index (χ0v) is 29.6. The van der Waals surface area contributed by atoms with E-state index in [-0.39, 0.29) is 27.9 Å². The normalized spacial score (nSPS) is 19.1. The van der Waals surface area contributed by atoms with Crippen LogP contribution in [0.2, 0.25) is 0 Å². The molecule has 12 heteroatoms. The molecule has 0 aliphatic carbocycles. The van der Waals surface area contributed by atoms with Crippen molar-refractivity contribution in [2.24, 2.45) is 11.7 Å². The number of aliphatic hydroxyl groups excluding tert-OH is 1. The van der Waals surface area contributed by atoms with Gasteiger partial charge in [-0.15, -0.1) is 0 Å². The van der Waals surface area contributed by atoms with Crippen molar-refractivity contribution in [2.75, 3.05) is 32.9 Å². The van der Waals surface area contributed by atoms with Gasteiger partial charge in [-0.3, -0.25) is 0 Å². The molecule has 0 radical (unpaired) electrons. The quantitative estimate of drug-likeness (QED) is 0.233. The van der Waals surface area contributed by atoms with Crippen molar-refractivity contribution >= 4 is 19.9 Å². The lowest BCUT2D eigenvalue weighted by molar-refractivity contribution is -0.0314. The third kappa shape index (κ3) is 8.23. The molecule has 0 bridgehead atoms. The summed E-state index contributed by atoms with van der Waals surface area (Å²) in [6, 6.07) is 19.4. The lowest BCUT2D eigenvalue weighted by Gasteiger charge is -2.38. The number of benzene rings is 3. The molecule has 2 fully saturated rings. The molecule has 0 saturated carbocycles. The first-order valence-corrected chi connectivity index (χ1v) is 19.7. The molecular weight excluding hydrogens is 653 g/mol. The first-order chi connectivity index (χ1) is 22.9. The van der Waals surface area contributed by atoms with Gasteiger partial charge in [0.05, 0.1) is 35.1 Å². The van der Waals surface area contributed by atoms with Gasteiger partial charge in [0.15, 0.2) is 9.84 Å². The molecule has 2 aliphatic heterocycles. The van der Waals surface area contributed by atoms with E-state index < -0.39 is 31.2 Å². The van der Waals surface area contributed by atoms with Crippen LogP contribution in [0.25, 0.3) is 11.1 Å². The van der Waals surface area contributed by atoms with Gasteiger partial charge in [-0.25, -0.2) is 16.8 Å². The molecule has 2 aliphatic rings. The fourth-order valence-corrected chi connectivity index (χ4v) is 9.15. The first kappa shape index (κ1) is 36.3. The highest BCUT2D eigenvalue weighted by molar-refractivity contribution is 7.92. The molecule has 3 N–H and O–H groups in total. The Morgan fingerprint density at radius 3 is 2.35 bits per heavy atom. The van der Waals surface area contributed by atoms with Gasteiger partial charge in [0, 0.05) is 19.6 Å². The van der Waals surface area contributed by atoms with Crippen LogP contribution in [0.4, 0.5) is 0 Å². The number of sulfone groups is 1. The van der Waals surface area contributed by atoms with E-state index in [4.69, 9.17) is 19.9 Å². The van der Waals surface area contributed by atoms with E-state index in [1.807, 2.05) is 37.3 Å². The maximum absolute atomic E-state index is 14.0. The van der Waals surface area contributed by atoms with Crippen LogP contribution in [0.1, 0.15) is 58.4 Å². The molecule has 2 atom stereocenters. The Kier molecular flexibility index (Phi) is 11.5. The van der Waals surface area contributed by atoms with Gasteiger partial charge >= 0.3 is 0 Å². The van der Waals surface area contributed by atoms with E-state index in [0.29, 0.717) is 63.6 Å². The minimum atomic E-state index is -3.83. The van der Waals surface area contributed by atoms with Crippen molar-refractivity contribution in [1.29, 1.82) is 0 Å². The van der Waals surface area contributed by atoms with Crippen LogP contribution in [0.5, 0.6) is 11.5 Å². The lowest BCUT2D eigenvalue weighted by Crippen LogP contribution is -2.46. The van der Waals surface area contributed by atoms with E-state index in [1.54, 1.807) is 44.2 Å². The Bertz CT molecular complexity index is 1750.